The number of rotatable bonds is 1. The molecule has 2 rings (SSSR count). The molecule has 1 N–H and O–H groups in total. The van der Waals surface area contributed by atoms with E-state index in [2.05, 4.69) is 14.5 Å². The van der Waals surface area contributed by atoms with Crippen LogP contribution in [0.3, 0.4) is 0 Å². The minimum Gasteiger partial charge on any atom is -0.465 e. The van der Waals surface area contributed by atoms with Gasteiger partial charge in [0.25, 0.3) is 0 Å². The van der Waals surface area contributed by atoms with Gasteiger partial charge in [-0.2, -0.15) is 0 Å². The lowest BCUT2D eigenvalue weighted by Crippen LogP contribution is -1.69. The fourth-order valence-corrected chi connectivity index (χ4v) is 1.24. The molecule has 1 aromatic carbocycles. The van der Waals surface area contributed by atoms with Crippen molar-refractivity contribution in [1.82, 2.24) is 4.98 Å². The molecule has 0 spiro atoms. The standard InChI is InChI=1S/C8H8NOP/c11-10-8-5-6-3-1-2-4-7(6)9-8/h1-5,9H,11H2. The molecule has 56 valence electrons. The summed E-state index contributed by atoms with van der Waals surface area (Å²) in [5, 5.41) is 1.17. The van der Waals surface area contributed by atoms with Crippen molar-refractivity contribution >= 4 is 20.4 Å². The monoisotopic (exact) mass is 165 g/mol. The van der Waals surface area contributed by atoms with E-state index < -0.39 is 0 Å². The van der Waals surface area contributed by atoms with Gasteiger partial charge in [-0.05, 0) is 6.07 Å². The number of aromatic amines is 1. The molecule has 0 aliphatic rings. The van der Waals surface area contributed by atoms with Gasteiger partial charge < -0.3 is 9.51 Å². The number of fused-ring (bicyclic) bond motifs is 1. The minimum atomic E-state index is 0.774. The van der Waals surface area contributed by atoms with Crippen molar-refractivity contribution in [1.29, 1.82) is 0 Å². The maximum atomic E-state index is 4.96. The van der Waals surface area contributed by atoms with E-state index in [0.29, 0.717) is 0 Å². The first kappa shape index (κ1) is 6.68. The molecule has 0 aliphatic carbocycles. The molecule has 0 saturated heterocycles. The molecule has 1 heterocycles. The number of H-pyrrole nitrogens is 1. The Morgan fingerprint density at radius 3 is 2.82 bits per heavy atom. The van der Waals surface area contributed by atoms with E-state index in [0.717, 1.165) is 11.4 Å². The first-order valence-electron chi connectivity index (χ1n) is 3.34. The number of aromatic nitrogens is 1. The Labute approximate surface area is 66.9 Å². The van der Waals surface area contributed by atoms with E-state index in [4.69, 9.17) is 4.52 Å². The average Bonchev–Trinajstić information content (AvgIpc) is 2.46. The lowest BCUT2D eigenvalue weighted by atomic mass is 10.3. The van der Waals surface area contributed by atoms with Crippen LogP contribution in [-0.4, -0.2) is 4.98 Å². The van der Waals surface area contributed by atoms with Gasteiger partial charge in [0.15, 0.2) is 5.88 Å². The Morgan fingerprint density at radius 2 is 2.09 bits per heavy atom. The molecule has 2 nitrogen and oxygen atoms in total. The highest BCUT2D eigenvalue weighted by molar-refractivity contribution is 7.10. The first-order valence-corrected chi connectivity index (χ1v) is 3.82. The second kappa shape index (κ2) is 2.55. The molecule has 3 heteroatoms. The van der Waals surface area contributed by atoms with Gasteiger partial charge in [0.2, 0.25) is 0 Å². The maximum absolute atomic E-state index is 4.96. The highest BCUT2D eigenvalue weighted by Crippen LogP contribution is 2.20. The largest absolute Gasteiger partial charge is 0.465 e. The van der Waals surface area contributed by atoms with E-state index >= 15 is 0 Å². The summed E-state index contributed by atoms with van der Waals surface area (Å²) in [7, 11) is 2.21. The number of para-hydroxylation sites is 1. The van der Waals surface area contributed by atoms with Gasteiger partial charge in [0.05, 0.1) is 9.47 Å². The predicted octanol–water partition coefficient (Wildman–Crippen LogP) is 2.34. The quantitative estimate of drug-likeness (QED) is 0.644. The van der Waals surface area contributed by atoms with Gasteiger partial charge in [-0.3, -0.25) is 0 Å². The summed E-state index contributed by atoms with van der Waals surface area (Å²) in [6.45, 7) is 0. The Bertz CT molecular complexity index is 336. The third kappa shape index (κ3) is 1.10. The molecule has 11 heavy (non-hydrogen) atoms. The summed E-state index contributed by atoms with van der Waals surface area (Å²) >= 11 is 0. The van der Waals surface area contributed by atoms with Crippen molar-refractivity contribution < 1.29 is 4.52 Å². The molecular formula is C8H8NOP. The molecule has 2 aromatic rings. The van der Waals surface area contributed by atoms with E-state index in [-0.39, 0.29) is 0 Å². The van der Waals surface area contributed by atoms with Crippen molar-refractivity contribution in [2.24, 2.45) is 0 Å². The summed E-state index contributed by atoms with van der Waals surface area (Å²) in [6.07, 6.45) is 0. The fraction of sp³-hybridized carbons (Fsp3) is 0. The van der Waals surface area contributed by atoms with E-state index in [1.807, 2.05) is 30.3 Å². The van der Waals surface area contributed by atoms with Gasteiger partial charge in [-0.15, -0.1) is 0 Å². The molecule has 0 aliphatic heterocycles. The van der Waals surface area contributed by atoms with Crippen LogP contribution >= 0.6 is 9.47 Å². The molecular weight excluding hydrogens is 157 g/mol. The van der Waals surface area contributed by atoms with Crippen molar-refractivity contribution in [3.05, 3.63) is 30.3 Å². The van der Waals surface area contributed by atoms with Crippen molar-refractivity contribution in [3.63, 3.8) is 0 Å². The molecule has 0 saturated carbocycles. The lowest BCUT2D eigenvalue weighted by Gasteiger charge is -1.88. The molecule has 0 bridgehead atoms. The molecule has 0 amide bonds. The van der Waals surface area contributed by atoms with Crippen LogP contribution in [0, 0.1) is 0 Å². The Morgan fingerprint density at radius 1 is 1.27 bits per heavy atom. The zero-order chi connectivity index (χ0) is 7.68. The number of hydrogen-bond acceptors (Lipinski definition) is 1. The Kier molecular flexibility index (Phi) is 1.55. The van der Waals surface area contributed by atoms with Crippen LogP contribution in [0.15, 0.2) is 30.3 Å². The molecule has 1 aromatic heterocycles. The van der Waals surface area contributed by atoms with Crippen LogP contribution in [0.2, 0.25) is 0 Å². The van der Waals surface area contributed by atoms with Crippen LogP contribution in [-0.2, 0) is 0 Å². The van der Waals surface area contributed by atoms with Gasteiger partial charge in [-0.1, -0.05) is 18.2 Å². The number of benzene rings is 1. The van der Waals surface area contributed by atoms with Crippen molar-refractivity contribution in [2.75, 3.05) is 0 Å². The number of hydrogen-bond donors (Lipinski definition) is 1. The van der Waals surface area contributed by atoms with Crippen LogP contribution in [0.1, 0.15) is 0 Å². The van der Waals surface area contributed by atoms with Gasteiger partial charge >= 0.3 is 0 Å². The third-order valence-electron chi connectivity index (χ3n) is 1.63. The van der Waals surface area contributed by atoms with Crippen LogP contribution in [0.25, 0.3) is 10.9 Å². The van der Waals surface area contributed by atoms with Gasteiger partial charge in [0, 0.05) is 17.0 Å². The van der Waals surface area contributed by atoms with Crippen LogP contribution in [0.4, 0.5) is 0 Å². The molecule has 1 atom stereocenters. The van der Waals surface area contributed by atoms with Gasteiger partial charge in [-0.25, -0.2) is 0 Å². The van der Waals surface area contributed by atoms with E-state index in [1.54, 1.807) is 0 Å². The highest BCUT2D eigenvalue weighted by atomic mass is 31.0. The summed E-state index contributed by atoms with van der Waals surface area (Å²) in [5.41, 5.74) is 1.10. The minimum absolute atomic E-state index is 0.774. The smallest absolute Gasteiger partial charge is 0.194 e. The van der Waals surface area contributed by atoms with Crippen molar-refractivity contribution in [3.8, 4) is 5.88 Å². The predicted molar refractivity (Wildman–Crippen MR) is 48.6 cm³/mol. The summed E-state index contributed by atoms with van der Waals surface area (Å²) in [6, 6.07) is 10.0. The zero-order valence-corrected chi connectivity index (χ0v) is 7.03. The molecule has 1 unspecified atom stereocenters. The van der Waals surface area contributed by atoms with E-state index in [9.17, 15) is 0 Å². The lowest BCUT2D eigenvalue weighted by molar-refractivity contribution is 0.624. The zero-order valence-electron chi connectivity index (χ0n) is 5.87. The normalized spacial score (nSPS) is 10.3. The highest BCUT2D eigenvalue weighted by Gasteiger charge is 1.96. The molecule has 0 fully saturated rings. The number of nitrogens with one attached hydrogen (secondary N) is 1. The Hall–Kier alpha value is -1.01. The first-order chi connectivity index (χ1) is 5.40. The van der Waals surface area contributed by atoms with Gasteiger partial charge in [0.1, 0.15) is 0 Å². The molecule has 0 radical (unpaired) electrons. The topological polar surface area (TPSA) is 25.0 Å². The van der Waals surface area contributed by atoms with Crippen LogP contribution < -0.4 is 4.52 Å². The van der Waals surface area contributed by atoms with E-state index in [1.165, 1.54) is 5.39 Å². The fourth-order valence-electron chi connectivity index (χ4n) is 1.11. The SMILES string of the molecule is POc1cc2ccccc2[nH]1. The second-order valence-corrected chi connectivity index (χ2v) is 2.57. The average molecular weight is 165 g/mol. The van der Waals surface area contributed by atoms with Crippen molar-refractivity contribution in [2.45, 2.75) is 0 Å². The Balaban J connectivity index is 2.69. The third-order valence-corrected chi connectivity index (χ3v) is 1.89. The maximum Gasteiger partial charge on any atom is 0.194 e. The second-order valence-electron chi connectivity index (χ2n) is 2.34. The van der Waals surface area contributed by atoms with Crippen LogP contribution in [0.5, 0.6) is 5.88 Å². The summed E-state index contributed by atoms with van der Waals surface area (Å²) < 4.78 is 4.96. The summed E-state index contributed by atoms with van der Waals surface area (Å²) in [4.78, 5) is 3.10. The summed E-state index contributed by atoms with van der Waals surface area (Å²) in [5.74, 6) is 0.774.